The van der Waals surface area contributed by atoms with Gasteiger partial charge in [-0.1, -0.05) is 90.6 Å². The molecule has 1 saturated carbocycles. The summed E-state index contributed by atoms with van der Waals surface area (Å²) in [7, 11) is 0. The smallest absolute Gasteiger partial charge is 0.123 e. The Morgan fingerprint density at radius 1 is 0.806 bits per heavy atom. The fourth-order valence-corrected chi connectivity index (χ4v) is 5.48. The van der Waals surface area contributed by atoms with Gasteiger partial charge in [-0.05, 0) is 64.8 Å². The summed E-state index contributed by atoms with van der Waals surface area (Å²) in [5.41, 5.74) is 6.59. The second kappa shape index (κ2) is 11.2. The Morgan fingerprint density at radius 3 is 1.81 bits per heavy atom. The first kappa shape index (κ1) is 28.7. The summed E-state index contributed by atoms with van der Waals surface area (Å²) < 4.78 is 6.39. The Morgan fingerprint density at radius 2 is 1.33 bits per heavy atom. The molecule has 0 aromatic heterocycles. The molecule has 0 aliphatic heterocycles. The summed E-state index contributed by atoms with van der Waals surface area (Å²) in [6, 6.07) is 11.0. The molecule has 3 rings (SSSR count). The number of benzene rings is 2. The number of ether oxygens (including phenoxy) is 1. The molecule has 0 bridgehead atoms. The van der Waals surface area contributed by atoms with Gasteiger partial charge in [-0.25, -0.2) is 0 Å². The number of hydrogen-bond acceptors (Lipinski definition) is 4. The normalized spacial score (nSPS) is 15.8. The Labute approximate surface area is 218 Å². The summed E-state index contributed by atoms with van der Waals surface area (Å²) in [6.45, 7) is 15.0. The summed E-state index contributed by atoms with van der Waals surface area (Å²) in [6.07, 6.45) is 5.93. The van der Waals surface area contributed by atoms with E-state index >= 15 is 0 Å². The molecule has 0 atom stereocenters. The van der Waals surface area contributed by atoms with Gasteiger partial charge in [0.15, 0.2) is 0 Å². The van der Waals surface area contributed by atoms with Gasteiger partial charge in [0.25, 0.3) is 0 Å². The van der Waals surface area contributed by atoms with Gasteiger partial charge in [0.1, 0.15) is 12.4 Å². The summed E-state index contributed by atoms with van der Waals surface area (Å²) >= 11 is 0. The number of aryl methyl sites for hydroxylation is 1. The second-order valence-corrected chi connectivity index (χ2v) is 13.1. The lowest BCUT2D eigenvalue weighted by Gasteiger charge is -2.34. The molecule has 0 spiro atoms. The third kappa shape index (κ3) is 6.15. The molecule has 0 saturated heterocycles. The Hall–Kier alpha value is -1.88. The molecule has 1 fully saturated rings. The highest BCUT2D eigenvalue weighted by Gasteiger charge is 2.33. The lowest BCUT2D eigenvalue weighted by molar-refractivity contribution is -0.0261. The molecule has 1 aliphatic rings. The van der Waals surface area contributed by atoms with Gasteiger partial charge in [-0.3, -0.25) is 0 Å². The number of aliphatic hydroxyl groups is 3. The zero-order chi connectivity index (χ0) is 26.7. The molecule has 36 heavy (non-hydrogen) atoms. The van der Waals surface area contributed by atoms with Gasteiger partial charge < -0.3 is 20.1 Å². The fourth-order valence-electron chi connectivity index (χ4n) is 5.48. The standard InChI is InChI=1S/C32H48O4/c1-22-16-25(30(2,3)4)29(26(17-22)31(5,6)7)24-14-11-15-27(28(24)23-12-9-8-10-13-23)36-21-32(18-33,19-34)20-35/h11,14-17,23,33-35H,8-10,12-13,18-21H2,1-7H3. The van der Waals surface area contributed by atoms with Crippen LogP contribution in [0.25, 0.3) is 11.1 Å². The van der Waals surface area contributed by atoms with Crippen LogP contribution < -0.4 is 4.74 Å². The van der Waals surface area contributed by atoms with E-state index in [9.17, 15) is 15.3 Å². The van der Waals surface area contributed by atoms with Gasteiger partial charge in [-0.2, -0.15) is 0 Å². The average Bonchev–Trinajstić information content (AvgIpc) is 2.84. The second-order valence-electron chi connectivity index (χ2n) is 13.1. The van der Waals surface area contributed by atoms with Crippen LogP contribution in [0.2, 0.25) is 0 Å². The van der Waals surface area contributed by atoms with Gasteiger partial charge in [0.2, 0.25) is 0 Å². The summed E-state index contributed by atoms with van der Waals surface area (Å²) in [5.74, 6) is 1.19. The van der Waals surface area contributed by atoms with Crippen LogP contribution >= 0.6 is 0 Å². The highest BCUT2D eigenvalue weighted by molar-refractivity contribution is 5.79. The van der Waals surface area contributed by atoms with Crippen molar-refractivity contribution >= 4 is 0 Å². The largest absolute Gasteiger partial charge is 0.492 e. The topological polar surface area (TPSA) is 69.9 Å². The van der Waals surface area contributed by atoms with Crippen molar-refractivity contribution in [1.82, 2.24) is 0 Å². The van der Waals surface area contributed by atoms with Crippen molar-refractivity contribution in [2.24, 2.45) is 5.41 Å². The van der Waals surface area contributed by atoms with Gasteiger partial charge in [-0.15, -0.1) is 0 Å². The molecule has 200 valence electrons. The zero-order valence-electron chi connectivity index (χ0n) is 23.6. The van der Waals surface area contributed by atoms with Gasteiger partial charge in [0.05, 0.1) is 25.2 Å². The lowest BCUT2D eigenvalue weighted by Crippen LogP contribution is -2.40. The van der Waals surface area contributed by atoms with E-state index < -0.39 is 5.41 Å². The zero-order valence-corrected chi connectivity index (χ0v) is 23.6. The van der Waals surface area contributed by atoms with Crippen molar-refractivity contribution in [2.45, 2.75) is 97.3 Å². The molecular weight excluding hydrogens is 448 g/mol. The van der Waals surface area contributed by atoms with E-state index in [4.69, 9.17) is 4.74 Å². The molecule has 2 aromatic rings. The predicted molar refractivity (Wildman–Crippen MR) is 149 cm³/mol. The number of hydrogen-bond donors (Lipinski definition) is 3. The molecular formula is C32H48O4. The Kier molecular flexibility index (Phi) is 8.96. The van der Waals surface area contributed by atoms with Crippen LogP contribution in [0.4, 0.5) is 0 Å². The highest BCUT2D eigenvalue weighted by Crippen LogP contribution is 2.48. The Bertz CT molecular complexity index is 972. The fraction of sp³-hybridized carbons (Fsp3) is 0.625. The van der Waals surface area contributed by atoms with Crippen molar-refractivity contribution in [1.29, 1.82) is 0 Å². The van der Waals surface area contributed by atoms with Crippen LogP contribution in [0.15, 0.2) is 30.3 Å². The monoisotopic (exact) mass is 496 g/mol. The molecule has 3 N–H and O–H groups in total. The van der Waals surface area contributed by atoms with Crippen LogP contribution in [-0.4, -0.2) is 41.7 Å². The molecule has 0 amide bonds. The average molecular weight is 497 g/mol. The van der Waals surface area contributed by atoms with E-state index in [0.717, 1.165) is 18.6 Å². The van der Waals surface area contributed by atoms with E-state index in [2.05, 4.69) is 72.7 Å². The lowest BCUT2D eigenvalue weighted by atomic mass is 9.71. The van der Waals surface area contributed by atoms with E-state index in [1.165, 1.54) is 52.6 Å². The quantitative estimate of drug-likeness (QED) is 0.383. The number of aliphatic hydroxyl groups excluding tert-OH is 3. The van der Waals surface area contributed by atoms with Gasteiger partial charge in [0, 0.05) is 5.56 Å². The first-order valence-electron chi connectivity index (χ1n) is 13.6. The molecule has 1 aliphatic carbocycles. The van der Waals surface area contributed by atoms with Gasteiger partial charge >= 0.3 is 0 Å². The molecule has 0 radical (unpaired) electrons. The van der Waals surface area contributed by atoms with Crippen molar-refractivity contribution in [3.63, 3.8) is 0 Å². The molecule has 2 aromatic carbocycles. The van der Waals surface area contributed by atoms with E-state index in [-0.39, 0.29) is 37.3 Å². The first-order valence-corrected chi connectivity index (χ1v) is 13.6. The van der Waals surface area contributed by atoms with Crippen molar-refractivity contribution in [3.8, 4) is 16.9 Å². The maximum absolute atomic E-state index is 9.88. The molecule has 4 nitrogen and oxygen atoms in total. The third-order valence-corrected chi connectivity index (χ3v) is 7.79. The van der Waals surface area contributed by atoms with Crippen LogP contribution in [-0.2, 0) is 10.8 Å². The van der Waals surface area contributed by atoms with Crippen LogP contribution in [0.3, 0.4) is 0 Å². The predicted octanol–water partition coefficient (Wildman–Crippen LogP) is 6.65. The van der Waals surface area contributed by atoms with E-state index in [1.54, 1.807) is 0 Å². The van der Waals surface area contributed by atoms with E-state index in [0.29, 0.717) is 5.92 Å². The van der Waals surface area contributed by atoms with Crippen LogP contribution in [0.1, 0.15) is 102 Å². The van der Waals surface area contributed by atoms with E-state index in [1.807, 2.05) is 6.07 Å². The first-order chi connectivity index (χ1) is 16.9. The van der Waals surface area contributed by atoms with Crippen molar-refractivity contribution in [3.05, 3.63) is 52.6 Å². The minimum absolute atomic E-state index is 0.0398. The van der Waals surface area contributed by atoms with Crippen molar-refractivity contribution in [2.75, 3.05) is 26.4 Å². The van der Waals surface area contributed by atoms with Crippen molar-refractivity contribution < 1.29 is 20.1 Å². The minimum atomic E-state index is -1.07. The molecule has 0 unspecified atom stereocenters. The number of rotatable bonds is 8. The maximum atomic E-state index is 9.88. The summed E-state index contributed by atoms with van der Waals surface area (Å²) in [5, 5.41) is 29.6. The van der Waals surface area contributed by atoms with Crippen LogP contribution in [0, 0.1) is 12.3 Å². The third-order valence-electron chi connectivity index (χ3n) is 7.79. The molecule has 4 heteroatoms. The molecule has 0 heterocycles. The maximum Gasteiger partial charge on any atom is 0.123 e. The van der Waals surface area contributed by atoms with Crippen LogP contribution in [0.5, 0.6) is 5.75 Å². The summed E-state index contributed by atoms with van der Waals surface area (Å²) in [4.78, 5) is 0. The minimum Gasteiger partial charge on any atom is -0.492 e. The Balaban J connectivity index is 2.30. The highest BCUT2D eigenvalue weighted by atomic mass is 16.5. The SMILES string of the molecule is Cc1cc(C(C)(C)C)c(-c2cccc(OCC(CO)(CO)CO)c2C2CCCCC2)c(C(C)(C)C)c1.